The molecule has 2 heterocycles. The number of nitrogens with one attached hydrogen (secondary N) is 2. The molecule has 9 heteroatoms. The molecular formula is C19H27BrN4O4. The lowest BCUT2D eigenvalue weighted by atomic mass is 10.2. The maximum atomic E-state index is 12.3. The molecule has 2 amide bonds. The molecule has 0 radical (unpaired) electrons. The number of hydrogen-bond donors (Lipinski definition) is 2. The van der Waals surface area contributed by atoms with E-state index in [9.17, 15) is 9.59 Å². The van der Waals surface area contributed by atoms with Crippen LogP contribution in [0.25, 0.3) is 0 Å². The monoisotopic (exact) mass is 454 g/mol. The smallest absolute Gasteiger partial charge is 0.410 e. The number of piperazine rings is 1. The summed E-state index contributed by atoms with van der Waals surface area (Å²) in [6.07, 6.45) is 1.56. The van der Waals surface area contributed by atoms with Crippen LogP contribution < -0.4 is 15.4 Å². The SMILES string of the molecule is CC(C)(C)OC(=O)N1CCN[C@H](COc2nc(NC(=O)C3CC3)ccc2Br)C1. The van der Waals surface area contributed by atoms with Gasteiger partial charge in [-0.1, -0.05) is 0 Å². The second-order valence-corrected chi connectivity index (χ2v) is 8.99. The fourth-order valence-corrected chi connectivity index (χ4v) is 3.11. The minimum absolute atomic E-state index is 0.00252. The maximum Gasteiger partial charge on any atom is 0.410 e. The van der Waals surface area contributed by atoms with Crippen molar-refractivity contribution < 1.29 is 19.1 Å². The number of anilines is 1. The van der Waals surface area contributed by atoms with Gasteiger partial charge in [-0.2, -0.15) is 4.98 Å². The molecule has 2 fully saturated rings. The molecule has 3 rings (SSSR count). The molecular weight excluding hydrogens is 428 g/mol. The van der Waals surface area contributed by atoms with Crippen LogP contribution in [0.5, 0.6) is 5.88 Å². The van der Waals surface area contributed by atoms with Crippen LogP contribution in [0.2, 0.25) is 0 Å². The van der Waals surface area contributed by atoms with E-state index in [-0.39, 0.29) is 24.0 Å². The first-order chi connectivity index (χ1) is 13.2. The zero-order chi connectivity index (χ0) is 20.3. The molecule has 1 aromatic heterocycles. The standard InChI is InChI=1S/C19H27BrN4O4/c1-19(2,3)28-18(26)24-9-8-21-13(10-24)11-27-17-14(20)6-7-15(23-17)22-16(25)12-4-5-12/h6-7,12-13,21H,4-5,8-11H2,1-3H3,(H,22,23,25)/t13-/m0/s1. The molecule has 0 bridgehead atoms. The third-order valence-corrected chi connectivity index (χ3v) is 4.95. The van der Waals surface area contributed by atoms with Crippen molar-refractivity contribution in [3.05, 3.63) is 16.6 Å². The molecule has 0 spiro atoms. The molecule has 28 heavy (non-hydrogen) atoms. The Morgan fingerprint density at radius 2 is 2.11 bits per heavy atom. The highest BCUT2D eigenvalue weighted by atomic mass is 79.9. The summed E-state index contributed by atoms with van der Waals surface area (Å²) in [5.41, 5.74) is -0.520. The zero-order valence-electron chi connectivity index (χ0n) is 16.5. The Labute approximate surface area is 173 Å². The molecule has 1 aliphatic heterocycles. The number of pyridine rings is 1. The molecule has 0 aromatic carbocycles. The predicted molar refractivity (Wildman–Crippen MR) is 108 cm³/mol. The summed E-state index contributed by atoms with van der Waals surface area (Å²) in [7, 11) is 0. The fraction of sp³-hybridized carbons (Fsp3) is 0.632. The summed E-state index contributed by atoms with van der Waals surface area (Å²) in [4.78, 5) is 30.2. The Bertz CT molecular complexity index is 733. The molecule has 8 nitrogen and oxygen atoms in total. The van der Waals surface area contributed by atoms with E-state index in [4.69, 9.17) is 9.47 Å². The van der Waals surface area contributed by atoms with Crippen molar-refractivity contribution in [2.45, 2.75) is 45.3 Å². The number of aromatic nitrogens is 1. The average molecular weight is 455 g/mol. The lowest BCUT2D eigenvalue weighted by Gasteiger charge is -2.34. The summed E-state index contributed by atoms with van der Waals surface area (Å²) in [5, 5.41) is 6.16. The van der Waals surface area contributed by atoms with Gasteiger partial charge in [0.2, 0.25) is 11.8 Å². The number of amides is 2. The van der Waals surface area contributed by atoms with Crippen LogP contribution in [0.3, 0.4) is 0 Å². The first kappa shape index (κ1) is 20.9. The minimum atomic E-state index is -0.520. The van der Waals surface area contributed by atoms with Gasteiger partial charge in [0.25, 0.3) is 0 Å². The Morgan fingerprint density at radius 1 is 1.36 bits per heavy atom. The molecule has 1 aliphatic carbocycles. The van der Waals surface area contributed by atoms with Crippen LogP contribution in [0.1, 0.15) is 33.6 Å². The quantitative estimate of drug-likeness (QED) is 0.710. The van der Waals surface area contributed by atoms with Gasteiger partial charge in [0.05, 0.1) is 10.5 Å². The highest BCUT2D eigenvalue weighted by Gasteiger charge is 2.30. The number of carbonyl (C=O) groups is 2. The van der Waals surface area contributed by atoms with E-state index in [0.717, 1.165) is 12.8 Å². The summed E-state index contributed by atoms with van der Waals surface area (Å²) >= 11 is 3.43. The van der Waals surface area contributed by atoms with Crippen LogP contribution in [-0.4, -0.2) is 59.8 Å². The van der Waals surface area contributed by atoms with Crippen LogP contribution >= 0.6 is 15.9 Å². The van der Waals surface area contributed by atoms with E-state index in [1.807, 2.05) is 20.8 Å². The van der Waals surface area contributed by atoms with Crippen molar-refractivity contribution in [3.63, 3.8) is 0 Å². The van der Waals surface area contributed by atoms with E-state index >= 15 is 0 Å². The molecule has 2 aliphatic rings. The molecule has 1 saturated heterocycles. The fourth-order valence-electron chi connectivity index (χ4n) is 2.78. The third-order valence-electron chi connectivity index (χ3n) is 4.34. The van der Waals surface area contributed by atoms with Gasteiger partial charge in [-0.05, 0) is 61.7 Å². The summed E-state index contributed by atoms with van der Waals surface area (Å²) < 4.78 is 12.0. The molecule has 1 atom stereocenters. The summed E-state index contributed by atoms with van der Waals surface area (Å²) in [6, 6.07) is 3.49. The normalized spacial score (nSPS) is 19.9. The minimum Gasteiger partial charge on any atom is -0.475 e. The van der Waals surface area contributed by atoms with Gasteiger partial charge in [-0.3, -0.25) is 4.79 Å². The van der Waals surface area contributed by atoms with Gasteiger partial charge >= 0.3 is 6.09 Å². The van der Waals surface area contributed by atoms with E-state index in [1.165, 1.54) is 0 Å². The van der Waals surface area contributed by atoms with Crippen molar-refractivity contribution in [2.24, 2.45) is 5.92 Å². The number of ether oxygens (including phenoxy) is 2. The predicted octanol–water partition coefficient (Wildman–Crippen LogP) is 2.78. The number of halogens is 1. The van der Waals surface area contributed by atoms with Crippen LogP contribution in [-0.2, 0) is 9.53 Å². The average Bonchev–Trinajstić information content (AvgIpc) is 3.46. The Morgan fingerprint density at radius 3 is 2.79 bits per heavy atom. The van der Waals surface area contributed by atoms with Crippen molar-refractivity contribution in [2.75, 3.05) is 31.6 Å². The number of nitrogens with zero attached hydrogens (tertiary/aromatic N) is 2. The van der Waals surface area contributed by atoms with Crippen molar-refractivity contribution in [3.8, 4) is 5.88 Å². The highest BCUT2D eigenvalue weighted by Crippen LogP contribution is 2.31. The van der Waals surface area contributed by atoms with Crippen molar-refractivity contribution >= 4 is 33.7 Å². The Kier molecular flexibility index (Phi) is 6.44. The number of carbonyl (C=O) groups excluding carboxylic acids is 2. The van der Waals surface area contributed by atoms with Crippen molar-refractivity contribution in [1.29, 1.82) is 0 Å². The second kappa shape index (κ2) is 8.65. The summed E-state index contributed by atoms with van der Waals surface area (Å²) in [5.74, 6) is 0.995. The van der Waals surface area contributed by atoms with E-state index < -0.39 is 5.60 Å². The Balaban J connectivity index is 1.54. The zero-order valence-corrected chi connectivity index (χ0v) is 18.0. The van der Waals surface area contributed by atoms with Crippen molar-refractivity contribution in [1.82, 2.24) is 15.2 Å². The van der Waals surface area contributed by atoms with Crippen LogP contribution in [0.15, 0.2) is 16.6 Å². The molecule has 154 valence electrons. The maximum absolute atomic E-state index is 12.3. The van der Waals surface area contributed by atoms with Gasteiger partial charge in [-0.25, -0.2) is 4.79 Å². The van der Waals surface area contributed by atoms with Gasteiger partial charge in [-0.15, -0.1) is 0 Å². The first-order valence-electron chi connectivity index (χ1n) is 9.53. The molecule has 0 unspecified atom stereocenters. The van der Waals surface area contributed by atoms with Gasteiger partial charge in [0, 0.05) is 25.6 Å². The highest BCUT2D eigenvalue weighted by molar-refractivity contribution is 9.10. The summed E-state index contributed by atoms with van der Waals surface area (Å²) in [6.45, 7) is 7.65. The second-order valence-electron chi connectivity index (χ2n) is 8.14. The molecule has 1 saturated carbocycles. The van der Waals surface area contributed by atoms with E-state index in [0.29, 0.717) is 42.4 Å². The first-order valence-corrected chi connectivity index (χ1v) is 10.3. The lowest BCUT2D eigenvalue weighted by molar-refractivity contribution is -0.117. The van der Waals surface area contributed by atoms with Gasteiger partial charge in [0.15, 0.2) is 0 Å². The number of rotatable bonds is 5. The van der Waals surface area contributed by atoms with Gasteiger partial charge < -0.3 is 25.0 Å². The van der Waals surface area contributed by atoms with E-state index in [1.54, 1.807) is 17.0 Å². The lowest BCUT2D eigenvalue weighted by Crippen LogP contribution is -2.55. The van der Waals surface area contributed by atoms with Crippen LogP contribution in [0.4, 0.5) is 10.6 Å². The van der Waals surface area contributed by atoms with E-state index in [2.05, 4.69) is 31.5 Å². The van der Waals surface area contributed by atoms with Gasteiger partial charge in [0.1, 0.15) is 18.0 Å². The Hall–Kier alpha value is -1.87. The van der Waals surface area contributed by atoms with Crippen LogP contribution in [0, 0.1) is 5.92 Å². The molecule has 1 aromatic rings. The third kappa shape index (κ3) is 6.07. The largest absolute Gasteiger partial charge is 0.475 e. The number of hydrogen-bond acceptors (Lipinski definition) is 6. The molecule has 2 N–H and O–H groups in total. The topological polar surface area (TPSA) is 92.8 Å².